The largest absolute Gasteiger partial charge is 0.329 e. The van der Waals surface area contributed by atoms with Crippen molar-refractivity contribution < 1.29 is 0 Å². The number of nitrogens with two attached hydrogens (primary N) is 1. The van der Waals surface area contributed by atoms with E-state index in [1.807, 2.05) is 0 Å². The summed E-state index contributed by atoms with van der Waals surface area (Å²) >= 11 is 0. The summed E-state index contributed by atoms with van der Waals surface area (Å²) in [6, 6.07) is 0.736. The van der Waals surface area contributed by atoms with Crippen LogP contribution in [-0.4, -0.2) is 54.1 Å². The molecule has 1 saturated heterocycles. The smallest absolute Gasteiger partial charge is 0.0307 e. The molecule has 1 saturated carbocycles. The van der Waals surface area contributed by atoms with Gasteiger partial charge in [0, 0.05) is 44.3 Å². The van der Waals surface area contributed by atoms with Gasteiger partial charge in [-0.1, -0.05) is 19.8 Å². The first-order valence-electron chi connectivity index (χ1n) is 7.78. The first kappa shape index (κ1) is 14.3. The van der Waals surface area contributed by atoms with E-state index >= 15 is 0 Å². The van der Waals surface area contributed by atoms with E-state index in [4.69, 9.17) is 5.73 Å². The van der Waals surface area contributed by atoms with E-state index in [0.717, 1.165) is 18.5 Å². The highest BCUT2D eigenvalue weighted by atomic mass is 15.3. The Hall–Kier alpha value is -0.120. The molecule has 18 heavy (non-hydrogen) atoms. The van der Waals surface area contributed by atoms with Gasteiger partial charge < -0.3 is 5.73 Å². The normalized spacial score (nSPS) is 28.0. The second-order valence-corrected chi connectivity index (χ2v) is 6.63. The molecule has 1 aliphatic heterocycles. The average molecular weight is 253 g/mol. The van der Waals surface area contributed by atoms with Crippen molar-refractivity contribution in [3.8, 4) is 0 Å². The molecule has 0 spiro atoms. The molecule has 0 aromatic heterocycles. The van der Waals surface area contributed by atoms with Crippen LogP contribution in [0.25, 0.3) is 0 Å². The summed E-state index contributed by atoms with van der Waals surface area (Å²) in [5, 5.41) is 0. The Bertz CT molecular complexity index is 256. The number of piperazine rings is 1. The summed E-state index contributed by atoms with van der Waals surface area (Å²) in [7, 11) is 0. The van der Waals surface area contributed by atoms with Crippen LogP contribution in [0, 0.1) is 5.92 Å². The number of nitrogens with zero attached hydrogens (tertiary/aromatic N) is 2. The summed E-state index contributed by atoms with van der Waals surface area (Å²) in [6.07, 6.45) is 5.44. The lowest BCUT2D eigenvalue weighted by Gasteiger charge is -2.47. The molecular formula is C15H31N3. The van der Waals surface area contributed by atoms with Gasteiger partial charge in [-0.3, -0.25) is 9.80 Å². The van der Waals surface area contributed by atoms with Crippen molar-refractivity contribution in [1.29, 1.82) is 0 Å². The highest BCUT2D eigenvalue weighted by Gasteiger charge is 2.38. The minimum absolute atomic E-state index is 0.253. The van der Waals surface area contributed by atoms with Crippen LogP contribution < -0.4 is 5.73 Å². The molecule has 2 unspecified atom stereocenters. The highest BCUT2D eigenvalue weighted by Crippen LogP contribution is 2.38. The monoisotopic (exact) mass is 253 g/mol. The Balaban J connectivity index is 1.86. The first-order valence-corrected chi connectivity index (χ1v) is 7.78. The van der Waals surface area contributed by atoms with Crippen LogP contribution in [0.4, 0.5) is 0 Å². The minimum atomic E-state index is 0.253. The Morgan fingerprint density at radius 1 is 1.22 bits per heavy atom. The molecule has 2 rings (SSSR count). The van der Waals surface area contributed by atoms with E-state index < -0.39 is 0 Å². The van der Waals surface area contributed by atoms with Crippen LogP contribution in [0.3, 0.4) is 0 Å². The standard InChI is InChI=1S/C15H31N3/c1-4-13(2)17-7-9-18(10-8-17)15(3,12-16)11-14-5-6-14/h13-14H,4-12,16H2,1-3H3. The summed E-state index contributed by atoms with van der Waals surface area (Å²) in [5.74, 6) is 0.964. The predicted molar refractivity (Wildman–Crippen MR) is 77.7 cm³/mol. The molecule has 0 aromatic rings. The highest BCUT2D eigenvalue weighted by molar-refractivity contribution is 4.95. The number of hydrogen-bond donors (Lipinski definition) is 1. The third kappa shape index (κ3) is 3.25. The Kier molecular flexibility index (Phi) is 4.68. The van der Waals surface area contributed by atoms with Gasteiger partial charge in [0.25, 0.3) is 0 Å². The molecule has 0 radical (unpaired) electrons. The zero-order valence-corrected chi connectivity index (χ0v) is 12.5. The molecule has 0 amide bonds. The van der Waals surface area contributed by atoms with E-state index in [1.165, 1.54) is 51.9 Å². The van der Waals surface area contributed by atoms with Crippen LogP contribution >= 0.6 is 0 Å². The van der Waals surface area contributed by atoms with E-state index in [-0.39, 0.29) is 5.54 Å². The average Bonchev–Trinajstić information content (AvgIpc) is 3.21. The van der Waals surface area contributed by atoms with E-state index in [1.54, 1.807) is 0 Å². The fourth-order valence-electron chi connectivity index (χ4n) is 3.25. The molecule has 2 atom stereocenters. The van der Waals surface area contributed by atoms with Crippen molar-refractivity contribution in [3.05, 3.63) is 0 Å². The lowest BCUT2D eigenvalue weighted by Crippen LogP contribution is -2.59. The second kappa shape index (κ2) is 5.89. The van der Waals surface area contributed by atoms with E-state index in [9.17, 15) is 0 Å². The molecule has 2 aliphatic rings. The lowest BCUT2D eigenvalue weighted by atomic mass is 9.91. The van der Waals surface area contributed by atoms with Crippen LogP contribution in [0.5, 0.6) is 0 Å². The fraction of sp³-hybridized carbons (Fsp3) is 1.00. The number of rotatable bonds is 6. The summed E-state index contributed by atoms with van der Waals surface area (Å²) in [5.41, 5.74) is 6.33. The van der Waals surface area contributed by atoms with Gasteiger partial charge in [0.2, 0.25) is 0 Å². The molecule has 0 aromatic carbocycles. The van der Waals surface area contributed by atoms with Gasteiger partial charge in [0.05, 0.1) is 0 Å². The van der Waals surface area contributed by atoms with Gasteiger partial charge in [-0.25, -0.2) is 0 Å². The first-order chi connectivity index (χ1) is 8.59. The third-order valence-corrected chi connectivity index (χ3v) is 5.16. The van der Waals surface area contributed by atoms with E-state index in [2.05, 4.69) is 30.6 Å². The second-order valence-electron chi connectivity index (χ2n) is 6.63. The molecule has 0 bridgehead atoms. The molecule has 1 heterocycles. The van der Waals surface area contributed by atoms with Gasteiger partial charge in [-0.05, 0) is 32.6 Å². The summed E-state index contributed by atoms with van der Waals surface area (Å²) < 4.78 is 0. The molecule has 106 valence electrons. The van der Waals surface area contributed by atoms with Crippen molar-refractivity contribution in [2.45, 2.75) is 58.0 Å². The van der Waals surface area contributed by atoms with Crippen molar-refractivity contribution in [2.24, 2.45) is 11.7 Å². The van der Waals surface area contributed by atoms with Gasteiger partial charge in [0.1, 0.15) is 0 Å². The van der Waals surface area contributed by atoms with Gasteiger partial charge in [-0.15, -0.1) is 0 Å². The maximum atomic E-state index is 6.08. The minimum Gasteiger partial charge on any atom is -0.329 e. The van der Waals surface area contributed by atoms with Crippen LogP contribution in [-0.2, 0) is 0 Å². The third-order valence-electron chi connectivity index (χ3n) is 5.16. The van der Waals surface area contributed by atoms with Crippen molar-refractivity contribution in [3.63, 3.8) is 0 Å². The molecule has 2 fully saturated rings. The molecule has 1 aliphatic carbocycles. The van der Waals surface area contributed by atoms with Crippen molar-refractivity contribution in [2.75, 3.05) is 32.7 Å². The van der Waals surface area contributed by atoms with Crippen LogP contribution in [0.2, 0.25) is 0 Å². The quantitative estimate of drug-likeness (QED) is 0.785. The molecule has 2 N–H and O–H groups in total. The molecule has 3 nitrogen and oxygen atoms in total. The molecule has 3 heteroatoms. The van der Waals surface area contributed by atoms with Crippen molar-refractivity contribution in [1.82, 2.24) is 9.80 Å². The summed E-state index contributed by atoms with van der Waals surface area (Å²) in [6.45, 7) is 12.7. The lowest BCUT2D eigenvalue weighted by molar-refractivity contribution is 0.0247. The Morgan fingerprint density at radius 3 is 2.28 bits per heavy atom. The van der Waals surface area contributed by atoms with Gasteiger partial charge in [0.15, 0.2) is 0 Å². The summed E-state index contributed by atoms with van der Waals surface area (Å²) in [4.78, 5) is 5.29. The maximum Gasteiger partial charge on any atom is 0.0307 e. The maximum absolute atomic E-state index is 6.08. The Labute approximate surface area is 113 Å². The van der Waals surface area contributed by atoms with E-state index in [0.29, 0.717) is 0 Å². The van der Waals surface area contributed by atoms with Crippen LogP contribution in [0.1, 0.15) is 46.5 Å². The molecular weight excluding hydrogens is 222 g/mol. The van der Waals surface area contributed by atoms with Gasteiger partial charge in [-0.2, -0.15) is 0 Å². The topological polar surface area (TPSA) is 32.5 Å². The predicted octanol–water partition coefficient (Wildman–Crippen LogP) is 1.92. The number of hydrogen-bond acceptors (Lipinski definition) is 3. The zero-order chi connectivity index (χ0) is 13.2. The van der Waals surface area contributed by atoms with Gasteiger partial charge >= 0.3 is 0 Å². The fourth-order valence-corrected chi connectivity index (χ4v) is 3.25. The van der Waals surface area contributed by atoms with Crippen molar-refractivity contribution >= 4 is 0 Å². The Morgan fingerprint density at radius 2 is 1.83 bits per heavy atom. The zero-order valence-electron chi connectivity index (χ0n) is 12.5. The SMILES string of the molecule is CCC(C)N1CCN(C(C)(CN)CC2CC2)CC1. The van der Waals surface area contributed by atoms with Crippen LogP contribution in [0.15, 0.2) is 0 Å².